The van der Waals surface area contributed by atoms with Crippen molar-refractivity contribution < 1.29 is 33.7 Å². The maximum absolute atomic E-state index is 13.6. The van der Waals surface area contributed by atoms with Crippen LogP contribution in [0.1, 0.15) is 35.4 Å². The number of hydrogen-bond donors (Lipinski definition) is 3. The van der Waals surface area contributed by atoms with Crippen LogP contribution in [0.3, 0.4) is 0 Å². The van der Waals surface area contributed by atoms with E-state index in [9.17, 15) is 9.50 Å². The number of oxime groups is 1. The molecule has 1 saturated heterocycles. The monoisotopic (exact) mass is 462 g/mol. The van der Waals surface area contributed by atoms with E-state index in [0.29, 0.717) is 42.6 Å². The molecule has 4 atom stereocenters. The smallest absolute Gasteiger partial charge is 0.165 e. The standard InChI is InChI=1S/C22H27FN4O6/c1-12-25-16(17-7-20(33-27-17)21-11-31-14(9-28)10-32-21)6-18(26-12)22(29)24-8-13-3-4-15(23)19(5-13)30-2/h3-6,14,20-22,24,28-29H,7-11H2,1-2H3/t14-,20-,21-,22?/m1/s1. The first-order valence-corrected chi connectivity index (χ1v) is 10.6. The van der Waals surface area contributed by atoms with Crippen LogP contribution in [0.4, 0.5) is 4.39 Å². The average Bonchev–Trinajstić information content (AvgIpc) is 3.33. The first kappa shape index (κ1) is 23.5. The fraction of sp³-hybridized carbons (Fsp3) is 0.500. The molecule has 0 aliphatic carbocycles. The molecule has 2 aliphatic heterocycles. The number of nitrogens with one attached hydrogen (secondary N) is 1. The Hall–Kier alpha value is -2.70. The molecule has 0 saturated carbocycles. The lowest BCUT2D eigenvalue weighted by Gasteiger charge is -2.30. The summed E-state index contributed by atoms with van der Waals surface area (Å²) in [7, 11) is 1.40. The van der Waals surface area contributed by atoms with E-state index in [1.807, 2.05) is 0 Å². The third-order valence-corrected chi connectivity index (χ3v) is 5.45. The molecular formula is C22H27FN4O6. The van der Waals surface area contributed by atoms with Crippen LogP contribution in [0.5, 0.6) is 5.75 Å². The summed E-state index contributed by atoms with van der Waals surface area (Å²) < 4.78 is 29.9. The van der Waals surface area contributed by atoms with Gasteiger partial charge in [-0.2, -0.15) is 0 Å². The predicted molar refractivity (Wildman–Crippen MR) is 114 cm³/mol. The van der Waals surface area contributed by atoms with Gasteiger partial charge in [0, 0.05) is 13.0 Å². The van der Waals surface area contributed by atoms with E-state index >= 15 is 0 Å². The number of benzene rings is 1. The summed E-state index contributed by atoms with van der Waals surface area (Å²) in [6.07, 6.45) is -1.55. The molecule has 0 spiro atoms. The molecule has 0 radical (unpaired) electrons. The Morgan fingerprint density at radius 3 is 2.79 bits per heavy atom. The zero-order valence-corrected chi connectivity index (χ0v) is 18.4. The fourth-order valence-corrected chi connectivity index (χ4v) is 3.64. The molecule has 4 rings (SSSR count). The van der Waals surface area contributed by atoms with E-state index in [1.165, 1.54) is 13.2 Å². The molecule has 3 N–H and O–H groups in total. The SMILES string of the molecule is COc1cc(CNC(O)c2cc(C3=NO[C@@H]([C@H]4CO[C@H](CO)CO4)C3)nc(C)n2)ccc1F. The number of methoxy groups -OCH3 is 1. The molecule has 0 amide bonds. The molecule has 2 aromatic rings. The minimum Gasteiger partial charge on any atom is -0.494 e. The van der Waals surface area contributed by atoms with Gasteiger partial charge in [0.05, 0.1) is 38.3 Å². The van der Waals surface area contributed by atoms with Crippen molar-refractivity contribution in [1.29, 1.82) is 0 Å². The lowest BCUT2D eigenvalue weighted by Crippen LogP contribution is -2.43. The summed E-state index contributed by atoms with van der Waals surface area (Å²) in [4.78, 5) is 14.3. The molecule has 1 aromatic carbocycles. The van der Waals surface area contributed by atoms with Gasteiger partial charge >= 0.3 is 0 Å². The maximum atomic E-state index is 13.6. The number of nitrogens with zero attached hydrogens (tertiary/aromatic N) is 3. The van der Waals surface area contributed by atoms with Gasteiger partial charge in [-0.25, -0.2) is 14.4 Å². The molecular weight excluding hydrogens is 435 g/mol. The summed E-state index contributed by atoms with van der Waals surface area (Å²) in [5.41, 5.74) is 2.29. The van der Waals surface area contributed by atoms with Crippen molar-refractivity contribution in [2.24, 2.45) is 5.16 Å². The Bertz CT molecular complexity index is 999. The van der Waals surface area contributed by atoms with Crippen LogP contribution in [0.2, 0.25) is 0 Å². The first-order valence-electron chi connectivity index (χ1n) is 10.6. The van der Waals surface area contributed by atoms with Crippen LogP contribution in [0, 0.1) is 12.7 Å². The van der Waals surface area contributed by atoms with Gasteiger partial charge in [0.15, 0.2) is 17.7 Å². The van der Waals surface area contributed by atoms with Crippen molar-refractivity contribution in [3.05, 3.63) is 52.9 Å². The molecule has 2 aliphatic rings. The van der Waals surface area contributed by atoms with E-state index in [1.54, 1.807) is 25.1 Å². The highest BCUT2D eigenvalue weighted by atomic mass is 19.1. The highest BCUT2D eigenvalue weighted by Gasteiger charge is 2.35. The molecule has 1 unspecified atom stereocenters. The lowest BCUT2D eigenvalue weighted by atomic mass is 10.0. The van der Waals surface area contributed by atoms with Crippen molar-refractivity contribution in [2.75, 3.05) is 26.9 Å². The molecule has 10 nitrogen and oxygen atoms in total. The van der Waals surface area contributed by atoms with Crippen LogP contribution in [-0.4, -0.2) is 71.1 Å². The highest BCUT2D eigenvalue weighted by Crippen LogP contribution is 2.24. The molecule has 1 fully saturated rings. The third kappa shape index (κ3) is 5.63. The fourth-order valence-electron chi connectivity index (χ4n) is 3.64. The zero-order valence-electron chi connectivity index (χ0n) is 18.4. The van der Waals surface area contributed by atoms with E-state index in [2.05, 4.69) is 20.4 Å². The minimum absolute atomic E-state index is 0.0892. The second-order valence-corrected chi connectivity index (χ2v) is 7.87. The van der Waals surface area contributed by atoms with Gasteiger partial charge in [-0.05, 0) is 30.7 Å². The Labute approximate surface area is 190 Å². The van der Waals surface area contributed by atoms with Gasteiger partial charge in [0.1, 0.15) is 30.0 Å². The summed E-state index contributed by atoms with van der Waals surface area (Å²) >= 11 is 0. The number of aliphatic hydroxyl groups excluding tert-OH is 2. The van der Waals surface area contributed by atoms with Crippen molar-refractivity contribution in [1.82, 2.24) is 15.3 Å². The normalized spacial score (nSPS) is 23.7. The Morgan fingerprint density at radius 2 is 2.06 bits per heavy atom. The Kier molecular flexibility index (Phi) is 7.46. The van der Waals surface area contributed by atoms with Gasteiger partial charge in [-0.1, -0.05) is 11.2 Å². The zero-order chi connectivity index (χ0) is 23.4. The van der Waals surface area contributed by atoms with Crippen LogP contribution in [0.15, 0.2) is 29.4 Å². The van der Waals surface area contributed by atoms with Crippen molar-refractivity contribution in [2.45, 2.75) is 44.4 Å². The highest BCUT2D eigenvalue weighted by molar-refractivity contribution is 5.99. The molecule has 178 valence electrons. The molecule has 11 heteroatoms. The minimum atomic E-state index is -1.08. The van der Waals surface area contributed by atoms with E-state index < -0.39 is 12.0 Å². The van der Waals surface area contributed by atoms with Crippen LogP contribution < -0.4 is 10.1 Å². The first-order chi connectivity index (χ1) is 16.0. The lowest BCUT2D eigenvalue weighted by molar-refractivity contribution is -0.178. The largest absolute Gasteiger partial charge is 0.494 e. The van der Waals surface area contributed by atoms with Crippen LogP contribution in [-0.2, 0) is 20.9 Å². The van der Waals surface area contributed by atoms with Gasteiger partial charge in [0.25, 0.3) is 0 Å². The van der Waals surface area contributed by atoms with Gasteiger partial charge in [0.2, 0.25) is 0 Å². The predicted octanol–water partition coefficient (Wildman–Crippen LogP) is 0.983. The number of ether oxygens (including phenoxy) is 3. The van der Waals surface area contributed by atoms with Gasteiger partial charge < -0.3 is 29.3 Å². The molecule has 1 aromatic heterocycles. The molecule has 3 heterocycles. The summed E-state index contributed by atoms with van der Waals surface area (Å²) in [5.74, 6) is 0.159. The Morgan fingerprint density at radius 1 is 1.21 bits per heavy atom. The van der Waals surface area contributed by atoms with Crippen LogP contribution >= 0.6 is 0 Å². The summed E-state index contributed by atoms with van der Waals surface area (Å²) in [5, 5.41) is 26.9. The Balaban J connectivity index is 1.38. The second-order valence-electron chi connectivity index (χ2n) is 7.87. The third-order valence-electron chi connectivity index (χ3n) is 5.45. The van der Waals surface area contributed by atoms with Crippen molar-refractivity contribution in [3.8, 4) is 5.75 Å². The number of aryl methyl sites for hydroxylation is 1. The quantitative estimate of drug-likeness (QED) is 0.492. The van der Waals surface area contributed by atoms with Crippen LogP contribution in [0.25, 0.3) is 0 Å². The number of halogens is 1. The number of rotatable bonds is 8. The molecule has 33 heavy (non-hydrogen) atoms. The van der Waals surface area contributed by atoms with Gasteiger partial charge in [-0.15, -0.1) is 0 Å². The maximum Gasteiger partial charge on any atom is 0.165 e. The number of hydrogen-bond acceptors (Lipinski definition) is 10. The summed E-state index contributed by atoms with van der Waals surface area (Å²) in [6, 6.07) is 6.14. The van der Waals surface area contributed by atoms with E-state index in [4.69, 9.17) is 24.2 Å². The summed E-state index contributed by atoms with van der Waals surface area (Å²) in [6.45, 7) is 2.52. The topological polar surface area (TPSA) is 128 Å². The van der Waals surface area contributed by atoms with E-state index in [-0.39, 0.29) is 37.2 Å². The number of aromatic nitrogens is 2. The average molecular weight is 462 g/mol. The second kappa shape index (κ2) is 10.5. The van der Waals surface area contributed by atoms with Crippen molar-refractivity contribution >= 4 is 5.71 Å². The van der Waals surface area contributed by atoms with E-state index in [0.717, 1.165) is 5.56 Å². The number of aliphatic hydroxyl groups is 2. The van der Waals surface area contributed by atoms with Gasteiger partial charge in [-0.3, -0.25) is 5.32 Å². The van der Waals surface area contributed by atoms with Crippen molar-refractivity contribution in [3.63, 3.8) is 0 Å². The molecule has 0 bridgehead atoms.